The van der Waals surface area contributed by atoms with E-state index >= 15 is 0 Å². The Morgan fingerprint density at radius 1 is 1.11 bits per heavy atom. The molecule has 0 aromatic heterocycles. The zero-order valence-electron chi connectivity index (χ0n) is 12.2. The Morgan fingerprint density at radius 3 is 2.22 bits per heavy atom. The monoisotopic (exact) mass is 285 g/mol. The van der Waals surface area contributed by atoms with Crippen LogP contribution in [0.4, 0.5) is 0 Å². The van der Waals surface area contributed by atoms with Gasteiger partial charge in [-0.15, -0.1) is 11.8 Å². The molecule has 0 aliphatic rings. The topological polar surface area (TPSA) is 12.0 Å². The number of benzene rings is 1. The third-order valence-corrected chi connectivity index (χ3v) is 3.70. The molecule has 1 nitrogen and oxygen atoms in total. The van der Waals surface area contributed by atoms with E-state index in [4.69, 9.17) is 11.6 Å². The largest absolute Gasteiger partial charge is 0.308 e. The molecule has 0 bridgehead atoms. The molecule has 0 aliphatic heterocycles. The highest BCUT2D eigenvalue weighted by atomic mass is 35.5. The van der Waals surface area contributed by atoms with Gasteiger partial charge in [0.1, 0.15) is 0 Å². The first kappa shape index (κ1) is 15.9. The number of halogens is 1. The SMILES string of the molecule is CC(C)(C)NCc1ccc(Cl)cc1SC(C)(C)C. The first-order chi connectivity index (χ1) is 8.07. The molecule has 1 N–H and O–H groups in total. The Labute approximate surface area is 121 Å². The number of thioether (sulfide) groups is 1. The predicted molar refractivity (Wildman–Crippen MR) is 83.7 cm³/mol. The third kappa shape index (κ3) is 6.12. The minimum absolute atomic E-state index is 0.128. The van der Waals surface area contributed by atoms with Crippen LogP contribution in [0.2, 0.25) is 5.02 Å². The Morgan fingerprint density at radius 2 is 1.72 bits per heavy atom. The summed E-state index contributed by atoms with van der Waals surface area (Å²) in [5, 5.41) is 4.33. The molecule has 1 rings (SSSR count). The summed E-state index contributed by atoms with van der Waals surface area (Å²) in [7, 11) is 0. The van der Waals surface area contributed by atoms with Crippen molar-refractivity contribution in [1.29, 1.82) is 0 Å². The van der Waals surface area contributed by atoms with Crippen LogP contribution >= 0.6 is 23.4 Å². The van der Waals surface area contributed by atoms with E-state index in [1.165, 1.54) is 10.5 Å². The van der Waals surface area contributed by atoms with Crippen LogP contribution in [0.15, 0.2) is 23.1 Å². The van der Waals surface area contributed by atoms with Crippen LogP contribution in [0.25, 0.3) is 0 Å². The first-order valence-electron chi connectivity index (χ1n) is 6.29. The molecule has 1 aromatic rings. The maximum atomic E-state index is 6.10. The van der Waals surface area contributed by atoms with Crippen molar-refractivity contribution in [3.05, 3.63) is 28.8 Å². The normalized spacial score (nSPS) is 12.8. The molecule has 3 heteroatoms. The maximum absolute atomic E-state index is 6.10. The molecule has 0 atom stereocenters. The summed E-state index contributed by atoms with van der Waals surface area (Å²) in [6, 6.07) is 6.15. The summed E-state index contributed by atoms with van der Waals surface area (Å²) in [6.07, 6.45) is 0. The zero-order valence-corrected chi connectivity index (χ0v) is 13.8. The fourth-order valence-corrected chi connectivity index (χ4v) is 2.81. The summed E-state index contributed by atoms with van der Waals surface area (Å²) in [5.74, 6) is 0. The first-order valence-corrected chi connectivity index (χ1v) is 7.49. The number of hydrogen-bond donors (Lipinski definition) is 1. The van der Waals surface area contributed by atoms with E-state index < -0.39 is 0 Å². The van der Waals surface area contributed by atoms with Gasteiger partial charge in [0.2, 0.25) is 0 Å². The van der Waals surface area contributed by atoms with E-state index in [0.717, 1.165) is 11.6 Å². The van der Waals surface area contributed by atoms with E-state index in [1.807, 2.05) is 17.8 Å². The third-order valence-electron chi connectivity index (χ3n) is 2.25. The van der Waals surface area contributed by atoms with Gasteiger partial charge in [0.25, 0.3) is 0 Å². The van der Waals surface area contributed by atoms with Crippen molar-refractivity contribution in [3.8, 4) is 0 Å². The second kappa shape index (κ2) is 5.85. The van der Waals surface area contributed by atoms with E-state index in [9.17, 15) is 0 Å². The van der Waals surface area contributed by atoms with Crippen molar-refractivity contribution in [2.24, 2.45) is 0 Å². The molecular weight excluding hydrogens is 262 g/mol. The van der Waals surface area contributed by atoms with E-state index in [1.54, 1.807) is 0 Å². The van der Waals surface area contributed by atoms with E-state index in [-0.39, 0.29) is 10.3 Å². The summed E-state index contributed by atoms with van der Waals surface area (Å²) in [4.78, 5) is 1.27. The smallest absolute Gasteiger partial charge is 0.0417 e. The van der Waals surface area contributed by atoms with Crippen LogP contribution < -0.4 is 5.32 Å². The molecule has 0 saturated heterocycles. The van der Waals surface area contributed by atoms with Crippen molar-refractivity contribution in [3.63, 3.8) is 0 Å². The van der Waals surface area contributed by atoms with Crippen molar-refractivity contribution in [1.82, 2.24) is 5.32 Å². The maximum Gasteiger partial charge on any atom is 0.0417 e. The molecule has 0 heterocycles. The Bertz CT molecular complexity index is 402. The van der Waals surface area contributed by atoms with Gasteiger partial charge in [-0.1, -0.05) is 38.4 Å². The van der Waals surface area contributed by atoms with Crippen LogP contribution in [0.5, 0.6) is 0 Å². The summed E-state index contributed by atoms with van der Waals surface area (Å²) >= 11 is 7.97. The Hall–Kier alpha value is -0.180. The van der Waals surface area contributed by atoms with Crippen LogP contribution in [0.1, 0.15) is 47.1 Å². The highest BCUT2D eigenvalue weighted by molar-refractivity contribution is 8.00. The van der Waals surface area contributed by atoms with Crippen molar-refractivity contribution >= 4 is 23.4 Å². The predicted octanol–water partition coefficient (Wildman–Crippen LogP) is 5.12. The van der Waals surface area contributed by atoms with Gasteiger partial charge in [-0.3, -0.25) is 0 Å². The minimum Gasteiger partial charge on any atom is -0.308 e. The highest BCUT2D eigenvalue weighted by Gasteiger charge is 2.16. The Balaban J connectivity index is 2.90. The molecule has 18 heavy (non-hydrogen) atoms. The Kier molecular flexibility index (Phi) is 5.16. The molecular formula is C15H24ClNS. The lowest BCUT2D eigenvalue weighted by atomic mass is 10.1. The molecule has 0 amide bonds. The molecule has 1 aromatic carbocycles. The van der Waals surface area contributed by atoms with Gasteiger partial charge in [0, 0.05) is 26.7 Å². The van der Waals surface area contributed by atoms with Crippen molar-refractivity contribution in [2.45, 2.75) is 63.3 Å². The lowest BCUT2D eigenvalue weighted by Crippen LogP contribution is -2.35. The van der Waals surface area contributed by atoms with Crippen LogP contribution in [-0.2, 0) is 6.54 Å². The summed E-state index contributed by atoms with van der Waals surface area (Å²) in [5.41, 5.74) is 1.44. The average molecular weight is 286 g/mol. The zero-order chi connectivity index (χ0) is 14.0. The average Bonchev–Trinajstić information content (AvgIpc) is 2.12. The molecule has 0 spiro atoms. The van der Waals surface area contributed by atoms with Gasteiger partial charge >= 0.3 is 0 Å². The number of nitrogens with one attached hydrogen (secondary N) is 1. The van der Waals surface area contributed by atoms with Gasteiger partial charge in [0.15, 0.2) is 0 Å². The second-order valence-electron chi connectivity index (χ2n) is 6.57. The summed E-state index contributed by atoms with van der Waals surface area (Å²) in [6.45, 7) is 14.1. The van der Waals surface area contributed by atoms with E-state index in [0.29, 0.717) is 0 Å². The molecule has 0 unspecified atom stereocenters. The highest BCUT2D eigenvalue weighted by Crippen LogP contribution is 2.35. The van der Waals surface area contributed by atoms with Gasteiger partial charge in [-0.2, -0.15) is 0 Å². The molecule has 0 radical (unpaired) electrons. The molecule has 0 aliphatic carbocycles. The number of hydrogen-bond acceptors (Lipinski definition) is 2. The van der Waals surface area contributed by atoms with Gasteiger partial charge in [-0.25, -0.2) is 0 Å². The van der Waals surface area contributed by atoms with Gasteiger partial charge in [0.05, 0.1) is 0 Å². The van der Waals surface area contributed by atoms with Gasteiger partial charge < -0.3 is 5.32 Å². The van der Waals surface area contributed by atoms with Crippen LogP contribution in [0, 0.1) is 0 Å². The fraction of sp³-hybridized carbons (Fsp3) is 0.600. The lowest BCUT2D eigenvalue weighted by molar-refractivity contribution is 0.422. The van der Waals surface area contributed by atoms with Crippen molar-refractivity contribution < 1.29 is 0 Å². The molecule has 0 saturated carbocycles. The molecule has 102 valence electrons. The standard InChI is InChI=1S/C15H24ClNS/c1-14(2,3)17-10-11-7-8-12(16)9-13(11)18-15(4,5)6/h7-9,17H,10H2,1-6H3. The quantitative estimate of drug-likeness (QED) is 0.774. The van der Waals surface area contributed by atoms with E-state index in [2.05, 4.69) is 59.0 Å². The lowest BCUT2D eigenvalue weighted by Gasteiger charge is -2.24. The second-order valence-corrected chi connectivity index (χ2v) is 8.88. The van der Waals surface area contributed by atoms with Crippen LogP contribution in [-0.4, -0.2) is 10.3 Å². The van der Waals surface area contributed by atoms with Crippen molar-refractivity contribution in [2.75, 3.05) is 0 Å². The minimum atomic E-state index is 0.128. The molecule has 0 fully saturated rings. The van der Waals surface area contributed by atoms with Gasteiger partial charge in [-0.05, 0) is 38.5 Å². The summed E-state index contributed by atoms with van der Waals surface area (Å²) < 4.78 is 0.196. The van der Waals surface area contributed by atoms with Crippen LogP contribution in [0.3, 0.4) is 0 Å². The fourth-order valence-electron chi connectivity index (χ4n) is 1.46. The number of rotatable bonds is 3.